The largest absolute Gasteiger partial charge is 0.339 e. The van der Waals surface area contributed by atoms with Crippen LogP contribution in [-0.2, 0) is 14.6 Å². The van der Waals surface area contributed by atoms with E-state index in [9.17, 15) is 13.2 Å². The van der Waals surface area contributed by atoms with Gasteiger partial charge in [-0.3, -0.25) is 4.79 Å². The third kappa shape index (κ3) is 3.94. The second-order valence-electron chi connectivity index (χ2n) is 4.87. The number of rotatable bonds is 2. The average molecular weight is 319 g/mol. The zero-order valence-electron chi connectivity index (χ0n) is 11.3. The lowest BCUT2D eigenvalue weighted by Crippen LogP contribution is -2.47. The van der Waals surface area contributed by atoms with Gasteiger partial charge in [-0.15, -0.1) is 12.4 Å². The summed E-state index contributed by atoms with van der Waals surface area (Å²) in [5, 5.41) is 0. The van der Waals surface area contributed by atoms with E-state index in [4.69, 9.17) is 5.73 Å². The first-order valence-corrected chi connectivity index (χ1v) is 8.02. The number of carbonyl (C=O) groups excluding carboxylic acids is 1. The fourth-order valence-electron chi connectivity index (χ4n) is 2.05. The summed E-state index contributed by atoms with van der Waals surface area (Å²) in [4.78, 5) is 13.7. The van der Waals surface area contributed by atoms with Gasteiger partial charge in [0.15, 0.2) is 9.84 Å². The van der Waals surface area contributed by atoms with E-state index in [0.717, 1.165) is 11.1 Å². The Labute approximate surface area is 125 Å². The van der Waals surface area contributed by atoms with Crippen LogP contribution in [0.25, 0.3) is 0 Å². The number of hydrogen-bond donors (Lipinski definition) is 1. The maximum absolute atomic E-state index is 12.2. The number of aryl methyl sites for hydroxylation is 1. The molecule has 0 aromatic heterocycles. The van der Waals surface area contributed by atoms with Crippen LogP contribution in [0.3, 0.4) is 0 Å². The molecule has 20 heavy (non-hydrogen) atoms. The van der Waals surface area contributed by atoms with Gasteiger partial charge < -0.3 is 10.6 Å². The van der Waals surface area contributed by atoms with E-state index < -0.39 is 15.9 Å². The highest BCUT2D eigenvalue weighted by Crippen LogP contribution is 2.16. The number of hydrogen-bond acceptors (Lipinski definition) is 4. The predicted octanol–water partition coefficient (Wildman–Crippen LogP) is 0.674. The van der Waals surface area contributed by atoms with Crippen molar-refractivity contribution in [3.8, 4) is 0 Å². The van der Waals surface area contributed by atoms with Crippen LogP contribution in [0.5, 0.6) is 0 Å². The van der Waals surface area contributed by atoms with Gasteiger partial charge in [0.2, 0.25) is 5.91 Å². The first-order valence-electron chi connectivity index (χ1n) is 6.20. The molecule has 112 valence electrons. The predicted molar refractivity (Wildman–Crippen MR) is 80.6 cm³/mol. The minimum atomic E-state index is -2.98. The Hall–Kier alpha value is -1.11. The Kier molecular flexibility index (Phi) is 5.56. The monoisotopic (exact) mass is 318 g/mol. The van der Waals surface area contributed by atoms with E-state index in [1.165, 1.54) is 4.90 Å². The number of carbonyl (C=O) groups is 1. The van der Waals surface area contributed by atoms with Crippen LogP contribution in [0.2, 0.25) is 0 Å². The van der Waals surface area contributed by atoms with Crippen LogP contribution >= 0.6 is 12.4 Å². The Morgan fingerprint density at radius 3 is 2.20 bits per heavy atom. The normalized spacial score (nSPS) is 19.0. The smallest absolute Gasteiger partial charge is 0.244 e. The van der Waals surface area contributed by atoms with Gasteiger partial charge in [-0.1, -0.05) is 29.8 Å². The van der Waals surface area contributed by atoms with Crippen LogP contribution in [0.1, 0.15) is 17.2 Å². The quantitative estimate of drug-likeness (QED) is 0.869. The zero-order valence-corrected chi connectivity index (χ0v) is 12.9. The number of nitrogens with two attached hydrogens (primary N) is 1. The highest BCUT2D eigenvalue weighted by Gasteiger charge is 2.28. The van der Waals surface area contributed by atoms with Gasteiger partial charge in [0.05, 0.1) is 11.5 Å². The van der Waals surface area contributed by atoms with Crippen LogP contribution < -0.4 is 5.73 Å². The van der Waals surface area contributed by atoms with Gasteiger partial charge in [-0.2, -0.15) is 0 Å². The molecule has 0 spiro atoms. The van der Waals surface area contributed by atoms with Gasteiger partial charge in [-0.25, -0.2) is 8.42 Å². The van der Waals surface area contributed by atoms with Crippen LogP contribution in [-0.4, -0.2) is 43.8 Å². The molecule has 5 nitrogen and oxygen atoms in total. The number of halogens is 1. The van der Waals surface area contributed by atoms with Gasteiger partial charge in [0, 0.05) is 13.1 Å². The van der Waals surface area contributed by atoms with Crippen molar-refractivity contribution in [3.63, 3.8) is 0 Å². The Balaban J connectivity index is 0.00000200. The lowest BCUT2D eigenvalue weighted by atomic mass is 10.0. The van der Waals surface area contributed by atoms with Gasteiger partial charge in [0.25, 0.3) is 0 Å². The fourth-order valence-corrected chi connectivity index (χ4v) is 3.25. The maximum Gasteiger partial charge on any atom is 0.244 e. The number of amides is 1. The van der Waals surface area contributed by atoms with E-state index in [-0.39, 0.29) is 42.9 Å². The molecule has 1 saturated heterocycles. The lowest BCUT2D eigenvalue weighted by molar-refractivity contribution is -0.132. The first kappa shape index (κ1) is 16.9. The molecule has 1 aliphatic heterocycles. The van der Waals surface area contributed by atoms with Crippen molar-refractivity contribution in [2.75, 3.05) is 24.6 Å². The highest BCUT2D eigenvalue weighted by atomic mass is 35.5. The van der Waals surface area contributed by atoms with Gasteiger partial charge in [0.1, 0.15) is 6.04 Å². The summed E-state index contributed by atoms with van der Waals surface area (Å²) in [6.45, 7) is 2.44. The van der Waals surface area contributed by atoms with Crippen molar-refractivity contribution in [1.82, 2.24) is 4.90 Å². The third-order valence-electron chi connectivity index (χ3n) is 3.36. The molecule has 1 fully saturated rings. The summed E-state index contributed by atoms with van der Waals surface area (Å²) in [5.74, 6) is -0.155. The van der Waals surface area contributed by atoms with E-state index in [2.05, 4.69) is 0 Å². The second kappa shape index (κ2) is 6.56. The van der Waals surface area contributed by atoms with E-state index >= 15 is 0 Å². The molecule has 0 aliphatic carbocycles. The molecule has 1 unspecified atom stereocenters. The average Bonchev–Trinajstić information content (AvgIpc) is 2.38. The van der Waals surface area contributed by atoms with Crippen molar-refractivity contribution < 1.29 is 13.2 Å². The Bertz CT molecular complexity index is 558. The minimum absolute atomic E-state index is 0. The lowest BCUT2D eigenvalue weighted by Gasteiger charge is -2.29. The summed E-state index contributed by atoms with van der Waals surface area (Å²) in [6, 6.07) is 6.75. The molecular weight excluding hydrogens is 300 g/mol. The van der Waals surface area contributed by atoms with E-state index in [1.54, 1.807) is 0 Å². The standard InChI is InChI=1S/C13H18N2O3S.ClH/c1-10-2-4-11(5-3-10)12(14)13(16)15-6-8-19(17,18)9-7-15;/h2-5,12H,6-9,14H2,1H3;1H. The van der Waals surface area contributed by atoms with Gasteiger partial charge >= 0.3 is 0 Å². The molecule has 0 saturated carbocycles. The van der Waals surface area contributed by atoms with Crippen molar-refractivity contribution in [1.29, 1.82) is 0 Å². The van der Waals surface area contributed by atoms with Crippen LogP contribution in [0.15, 0.2) is 24.3 Å². The van der Waals surface area contributed by atoms with E-state index in [1.807, 2.05) is 31.2 Å². The zero-order chi connectivity index (χ0) is 14.0. The molecule has 1 atom stereocenters. The molecule has 0 radical (unpaired) electrons. The second-order valence-corrected chi connectivity index (χ2v) is 7.17. The molecule has 0 bridgehead atoms. The molecule has 1 amide bonds. The molecule has 1 aromatic rings. The molecule has 2 N–H and O–H groups in total. The van der Waals surface area contributed by atoms with Crippen molar-refractivity contribution in [2.24, 2.45) is 5.73 Å². The third-order valence-corrected chi connectivity index (χ3v) is 4.97. The molecule has 2 rings (SSSR count). The van der Waals surface area contributed by atoms with E-state index in [0.29, 0.717) is 0 Å². The van der Waals surface area contributed by atoms with Crippen molar-refractivity contribution in [2.45, 2.75) is 13.0 Å². The summed E-state index contributed by atoms with van der Waals surface area (Å²) < 4.78 is 22.7. The first-order chi connectivity index (χ1) is 8.89. The minimum Gasteiger partial charge on any atom is -0.339 e. The topological polar surface area (TPSA) is 80.5 Å². The Morgan fingerprint density at radius 1 is 1.20 bits per heavy atom. The van der Waals surface area contributed by atoms with Gasteiger partial charge in [-0.05, 0) is 12.5 Å². The number of sulfone groups is 1. The summed E-state index contributed by atoms with van der Waals surface area (Å²) in [5.41, 5.74) is 7.80. The number of benzene rings is 1. The molecule has 1 aliphatic rings. The van der Waals surface area contributed by atoms with Crippen molar-refractivity contribution in [3.05, 3.63) is 35.4 Å². The maximum atomic E-state index is 12.2. The molecule has 1 aromatic carbocycles. The number of nitrogens with zero attached hydrogens (tertiary/aromatic N) is 1. The molecular formula is C13H19ClN2O3S. The highest BCUT2D eigenvalue weighted by molar-refractivity contribution is 7.91. The van der Waals surface area contributed by atoms with Crippen molar-refractivity contribution >= 4 is 28.2 Å². The molecule has 1 heterocycles. The summed E-state index contributed by atoms with van der Waals surface area (Å²) in [7, 11) is -2.98. The van der Waals surface area contributed by atoms with Crippen LogP contribution in [0.4, 0.5) is 0 Å². The molecule has 7 heteroatoms. The van der Waals surface area contributed by atoms with Crippen LogP contribution in [0, 0.1) is 6.92 Å². The summed E-state index contributed by atoms with van der Waals surface area (Å²) in [6.07, 6.45) is 0. The fraction of sp³-hybridized carbons (Fsp3) is 0.462. The Morgan fingerprint density at radius 2 is 1.70 bits per heavy atom. The summed E-state index contributed by atoms with van der Waals surface area (Å²) >= 11 is 0. The SMILES string of the molecule is Cc1ccc(C(N)C(=O)N2CCS(=O)(=O)CC2)cc1.Cl.